The fourth-order valence-electron chi connectivity index (χ4n) is 1.43. The minimum absolute atomic E-state index is 0.0970. The summed E-state index contributed by atoms with van der Waals surface area (Å²) in [7, 11) is 0. The van der Waals surface area contributed by atoms with Gasteiger partial charge < -0.3 is 5.32 Å². The van der Waals surface area contributed by atoms with Crippen molar-refractivity contribution in [3.63, 3.8) is 0 Å². The van der Waals surface area contributed by atoms with Crippen molar-refractivity contribution in [3.05, 3.63) is 52.5 Å². The van der Waals surface area contributed by atoms with Crippen LogP contribution >= 0.6 is 54.8 Å². The van der Waals surface area contributed by atoms with E-state index < -0.39 is 4.92 Å². The molecule has 1 aromatic heterocycles. The van der Waals surface area contributed by atoms with E-state index >= 15 is 0 Å². The summed E-state index contributed by atoms with van der Waals surface area (Å²) in [5.74, 6) is 0. The van der Waals surface area contributed by atoms with Gasteiger partial charge in [-0.25, -0.2) is 0 Å². The molecule has 0 unspecified atom stereocenters. The molecule has 2 aromatic rings. The highest BCUT2D eigenvalue weighted by atomic mass is 79.9. The van der Waals surface area contributed by atoms with Gasteiger partial charge in [0.1, 0.15) is 5.02 Å². The van der Waals surface area contributed by atoms with Crippen molar-refractivity contribution in [2.24, 2.45) is 0 Å². The third-order valence-corrected chi connectivity index (χ3v) is 5.88. The molecule has 4 nitrogen and oxygen atoms in total. The van der Waals surface area contributed by atoms with Crippen molar-refractivity contribution in [1.82, 2.24) is 0 Å². The molecule has 100 valence electrons. The first-order valence-corrected chi connectivity index (χ1v) is 7.87. The van der Waals surface area contributed by atoms with Crippen LogP contribution in [0, 0.1) is 10.1 Å². The van der Waals surface area contributed by atoms with E-state index in [2.05, 4.69) is 37.2 Å². The van der Waals surface area contributed by atoms with Crippen LogP contribution in [0.3, 0.4) is 0 Å². The number of nitrogens with one attached hydrogen (secondary N) is 1. The summed E-state index contributed by atoms with van der Waals surface area (Å²) >= 11 is 14.2. The van der Waals surface area contributed by atoms with Gasteiger partial charge in [-0.15, -0.1) is 11.3 Å². The summed E-state index contributed by atoms with van der Waals surface area (Å²) in [6, 6.07) is 6.65. The Morgan fingerprint density at radius 3 is 2.68 bits per heavy atom. The molecule has 0 radical (unpaired) electrons. The van der Waals surface area contributed by atoms with Gasteiger partial charge in [-0.2, -0.15) is 0 Å². The lowest BCUT2D eigenvalue weighted by atomic mass is 10.2. The number of hydrogen-bond acceptors (Lipinski definition) is 4. The monoisotopic (exact) mass is 424 g/mol. The number of rotatable bonds is 4. The SMILES string of the molecule is O=[N+]([O-])c1cc(NCc2cc(Br)c(Br)s2)ccc1Cl. The largest absolute Gasteiger partial charge is 0.380 e. The summed E-state index contributed by atoms with van der Waals surface area (Å²) in [5, 5.41) is 14.0. The van der Waals surface area contributed by atoms with Crippen LogP contribution in [-0.2, 0) is 6.54 Å². The number of nitrogens with zero attached hydrogens (tertiary/aromatic N) is 1. The summed E-state index contributed by atoms with van der Waals surface area (Å²) in [4.78, 5) is 11.4. The Labute approximate surface area is 135 Å². The van der Waals surface area contributed by atoms with E-state index in [1.54, 1.807) is 17.4 Å². The number of nitro benzene ring substituents is 1. The zero-order valence-corrected chi connectivity index (χ0v) is 14.1. The van der Waals surface area contributed by atoms with Gasteiger partial charge in [0, 0.05) is 27.6 Å². The normalized spacial score (nSPS) is 10.5. The van der Waals surface area contributed by atoms with E-state index in [1.165, 1.54) is 12.1 Å². The highest BCUT2D eigenvalue weighted by Gasteiger charge is 2.12. The molecule has 1 heterocycles. The summed E-state index contributed by atoms with van der Waals surface area (Å²) in [6.07, 6.45) is 0. The zero-order chi connectivity index (χ0) is 14.0. The molecule has 0 saturated carbocycles. The first-order valence-electron chi connectivity index (χ1n) is 5.09. The minimum Gasteiger partial charge on any atom is -0.380 e. The first-order chi connectivity index (χ1) is 8.97. The van der Waals surface area contributed by atoms with Crippen LogP contribution in [-0.4, -0.2) is 4.92 Å². The molecule has 19 heavy (non-hydrogen) atoms. The summed E-state index contributed by atoms with van der Waals surface area (Å²) in [5.41, 5.74) is 0.567. The predicted molar refractivity (Wildman–Crippen MR) is 85.2 cm³/mol. The molecule has 1 N–H and O–H groups in total. The molecule has 1 aromatic carbocycles. The third-order valence-electron chi connectivity index (χ3n) is 2.31. The molecule has 8 heteroatoms. The number of benzene rings is 1. The van der Waals surface area contributed by atoms with Crippen molar-refractivity contribution in [2.45, 2.75) is 6.54 Å². The van der Waals surface area contributed by atoms with Crippen LogP contribution in [0.4, 0.5) is 11.4 Å². The molecule has 0 amide bonds. The predicted octanol–water partition coefficient (Wildman–Crippen LogP) is 5.45. The Hall–Kier alpha value is -0.630. The average Bonchev–Trinajstić information content (AvgIpc) is 2.67. The van der Waals surface area contributed by atoms with E-state index in [9.17, 15) is 10.1 Å². The van der Waals surface area contributed by atoms with Gasteiger partial charge in [0.05, 0.1) is 8.71 Å². The number of anilines is 1. The van der Waals surface area contributed by atoms with Crippen LogP contribution in [0.1, 0.15) is 4.88 Å². The lowest BCUT2D eigenvalue weighted by Gasteiger charge is -2.05. The van der Waals surface area contributed by atoms with Crippen LogP contribution in [0.15, 0.2) is 32.5 Å². The van der Waals surface area contributed by atoms with Gasteiger partial charge in [0.25, 0.3) is 5.69 Å². The lowest BCUT2D eigenvalue weighted by Crippen LogP contribution is -1.98. The molecular formula is C11H7Br2ClN2O2S. The molecule has 0 bridgehead atoms. The summed E-state index contributed by atoms with van der Waals surface area (Å²) in [6.45, 7) is 0.591. The number of hydrogen-bond donors (Lipinski definition) is 1. The molecule has 0 atom stereocenters. The van der Waals surface area contributed by atoms with Gasteiger partial charge in [-0.3, -0.25) is 10.1 Å². The van der Waals surface area contributed by atoms with E-state index in [0.717, 1.165) is 13.1 Å². The van der Waals surface area contributed by atoms with Gasteiger partial charge in [-0.1, -0.05) is 11.6 Å². The Kier molecular flexibility index (Phi) is 4.83. The highest BCUT2D eigenvalue weighted by Crippen LogP contribution is 2.33. The zero-order valence-electron chi connectivity index (χ0n) is 9.32. The molecular weight excluding hydrogens is 419 g/mol. The van der Waals surface area contributed by atoms with Gasteiger partial charge in [-0.05, 0) is 50.1 Å². The second-order valence-electron chi connectivity index (χ2n) is 3.61. The van der Waals surface area contributed by atoms with Crippen molar-refractivity contribution >= 4 is 66.2 Å². The molecule has 0 aliphatic rings. The van der Waals surface area contributed by atoms with Crippen LogP contribution < -0.4 is 5.32 Å². The maximum Gasteiger partial charge on any atom is 0.289 e. The van der Waals surface area contributed by atoms with E-state index in [4.69, 9.17) is 11.6 Å². The van der Waals surface area contributed by atoms with Crippen LogP contribution in [0.25, 0.3) is 0 Å². The standard InChI is InChI=1S/C11H7Br2ClN2O2S/c12-8-4-7(19-11(8)13)5-15-6-1-2-9(14)10(3-6)16(17)18/h1-4,15H,5H2. The molecule has 0 spiro atoms. The fraction of sp³-hybridized carbons (Fsp3) is 0.0909. The molecule has 2 rings (SSSR count). The Bertz CT molecular complexity index is 614. The average molecular weight is 427 g/mol. The minimum atomic E-state index is -0.494. The van der Waals surface area contributed by atoms with Gasteiger partial charge >= 0.3 is 0 Å². The molecule has 0 fully saturated rings. The lowest BCUT2D eigenvalue weighted by molar-refractivity contribution is -0.384. The Balaban J connectivity index is 2.11. The first kappa shape index (κ1) is 14.8. The van der Waals surface area contributed by atoms with E-state index in [-0.39, 0.29) is 10.7 Å². The fourth-order valence-corrected chi connectivity index (χ4v) is 3.73. The Morgan fingerprint density at radius 1 is 1.37 bits per heavy atom. The Morgan fingerprint density at radius 2 is 2.11 bits per heavy atom. The second-order valence-corrected chi connectivity index (χ2v) is 7.33. The third kappa shape index (κ3) is 3.68. The smallest absolute Gasteiger partial charge is 0.289 e. The van der Waals surface area contributed by atoms with Crippen molar-refractivity contribution < 1.29 is 4.92 Å². The maximum absolute atomic E-state index is 10.8. The topological polar surface area (TPSA) is 55.2 Å². The van der Waals surface area contributed by atoms with Crippen LogP contribution in [0.2, 0.25) is 5.02 Å². The summed E-state index contributed by atoms with van der Waals surface area (Å²) < 4.78 is 2.02. The van der Waals surface area contributed by atoms with Gasteiger partial charge in [0.15, 0.2) is 0 Å². The quantitative estimate of drug-likeness (QED) is 0.523. The van der Waals surface area contributed by atoms with Crippen LogP contribution in [0.5, 0.6) is 0 Å². The number of nitro groups is 1. The number of thiophene rings is 1. The maximum atomic E-state index is 10.8. The second kappa shape index (κ2) is 6.21. The molecule has 0 saturated heterocycles. The van der Waals surface area contributed by atoms with E-state index in [0.29, 0.717) is 12.2 Å². The molecule has 0 aliphatic heterocycles. The van der Waals surface area contributed by atoms with Crippen molar-refractivity contribution in [2.75, 3.05) is 5.32 Å². The van der Waals surface area contributed by atoms with Crippen molar-refractivity contribution in [3.8, 4) is 0 Å². The highest BCUT2D eigenvalue weighted by molar-refractivity contribution is 9.13. The van der Waals surface area contributed by atoms with E-state index in [1.807, 2.05) is 6.07 Å². The van der Waals surface area contributed by atoms with Gasteiger partial charge in [0.2, 0.25) is 0 Å². The molecule has 0 aliphatic carbocycles. The van der Waals surface area contributed by atoms with Crippen molar-refractivity contribution in [1.29, 1.82) is 0 Å². The number of halogens is 3.